The van der Waals surface area contributed by atoms with Crippen molar-refractivity contribution in [1.29, 1.82) is 5.26 Å². The van der Waals surface area contributed by atoms with Gasteiger partial charge in [-0.15, -0.1) is 34.4 Å². The Bertz CT molecular complexity index is 1590. The highest BCUT2D eigenvalue weighted by Crippen LogP contribution is 2.40. The molecular formula is C30H21N3O2S3. The third-order valence-electron chi connectivity index (χ3n) is 5.66. The normalized spacial score (nSPS) is 11.3. The maximum Gasteiger partial charge on any atom is 0.265 e. The summed E-state index contributed by atoms with van der Waals surface area (Å²) in [5, 5.41) is 19.5. The first kappa shape index (κ1) is 25.5. The van der Waals surface area contributed by atoms with Crippen molar-refractivity contribution in [3.05, 3.63) is 124 Å². The van der Waals surface area contributed by atoms with Crippen molar-refractivity contribution >= 4 is 56.9 Å². The highest BCUT2D eigenvalue weighted by atomic mass is 32.2. The van der Waals surface area contributed by atoms with Gasteiger partial charge in [0, 0.05) is 21.5 Å². The SMILES string of the molecule is N#Cc1c(-c2ccccc2)csc1NC(=O)C(Sc1cccc(NC(=O)c2cccs2)c1)c1ccccc1. The third kappa shape index (κ3) is 5.87. The predicted molar refractivity (Wildman–Crippen MR) is 157 cm³/mol. The average Bonchev–Trinajstić information content (AvgIpc) is 3.63. The molecule has 38 heavy (non-hydrogen) atoms. The molecule has 1 unspecified atom stereocenters. The Balaban J connectivity index is 1.39. The molecule has 0 aliphatic carbocycles. The van der Waals surface area contributed by atoms with E-state index in [4.69, 9.17) is 0 Å². The second kappa shape index (κ2) is 11.9. The number of nitrogens with one attached hydrogen (secondary N) is 2. The lowest BCUT2D eigenvalue weighted by Crippen LogP contribution is -2.19. The van der Waals surface area contributed by atoms with E-state index in [0.717, 1.165) is 21.6 Å². The number of benzene rings is 3. The van der Waals surface area contributed by atoms with E-state index >= 15 is 0 Å². The molecule has 0 saturated heterocycles. The molecule has 2 N–H and O–H groups in total. The van der Waals surface area contributed by atoms with Crippen LogP contribution in [0.1, 0.15) is 26.0 Å². The van der Waals surface area contributed by atoms with Gasteiger partial charge < -0.3 is 10.6 Å². The molecule has 1 atom stereocenters. The minimum atomic E-state index is -0.576. The fraction of sp³-hybridized carbons (Fsp3) is 0.0333. The lowest BCUT2D eigenvalue weighted by molar-refractivity contribution is -0.115. The first-order valence-corrected chi connectivity index (χ1v) is 14.3. The van der Waals surface area contributed by atoms with E-state index in [1.54, 1.807) is 6.07 Å². The summed E-state index contributed by atoms with van der Waals surface area (Å²) >= 11 is 4.10. The number of thiophene rings is 2. The number of hydrogen-bond acceptors (Lipinski definition) is 6. The lowest BCUT2D eigenvalue weighted by atomic mass is 10.1. The molecule has 5 aromatic rings. The Morgan fingerprint density at radius 3 is 2.32 bits per heavy atom. The quantitative estimate of drug-likeness (QED) is 0.191. The van der Waals surface area contributed by atoms with Gasteiger partial charge in [-0.1, -0.05) is 72.8 Å². The van der Waals surface area contributed by atoms with Crippen molar-refractivity contribution in [2.24, 2.45) is 0 Å². The molecule has 8 heteroatoms. The number of carbonyl (C=O) groups excluding carboxylic acids is 2. The number of rotatable bonds is 8. The number of nitriles is 1. The van der Waals surface area contributed by atoms with E-state index in [2.05, 4.69) is 16.7 Å². The van der Waals surface area contributed by atoms with E-state index in [1.165, 1.54) is 34.4 Å². The molecular weight excluding hydrogens is 531 g/mol. The predicted octanol–water partition coefficient (Wildman–Crippen LogP) is 8.07. The number of nitrogens with zero attached hydrogens (tertiary/aromatic N) is 1. The number of anilines is 2. The van der Waals surface area contributed by atoms with Gasteiger partial charge in [0.25, 0.3) is 5.91 Å². The molecule has 2 amide bonds. The standard InChI is InChI=1S/C30H21N3O2S3/c31-18-24-25(20-9-3-1-4-10-20)19-37-30(24)33-29(35)27(21-11-5-2-6-12-21)38-23-14-7-13-22(17-23)32-28(34)26-15-8-16-36-26/h1-17,19,27H,(H,32,34)(H,33,35). The molecule has 5 rings (SSSR count). The Morgan fingerprint density at radius 1 is 0.842 bits per heavy atom. The van der Waals surface area contributed by atoms with Crippen LogP contribution in [0, 0.1) is 11.3 Å². The van der Waals surface area contributed by atoms with Crippen LogP contribution >= 0.6 is 34.4 Å². The highest BCUT2D eigenvalue weighted by Gasteiger charge is 2.25. The molecule has 0 aliphatic rings. The fourth-order valence-electron chi connectivity index (χ4n) is 3.85. The van der Waals surface area contributed by atoms with Crippen LogP contribution in [0.3, 0.4) is 0 Å². The van der Waals surface area contributed by atoms with Gasteiger partial charge in [0.1, 0.15) is 16.3 Å². The minimum Gasteiger partial charge on any atom is -0.321 e. The second-order valence-corrected chi connectivity index (χ2v) is 11.2. The average molecular weight is 552 g/mol. The topological polar surface area (TPSA) is 82.0 Å². The number of hydrogen-bond donors (Lipinski definition) is 2. The molecule has 2 heterocycles. The largest absolute Gasteiger partial charge is 0.321 e. The van der Waals surface area contributed by atoms with E-state index < -0.39 is 5.25 Å². The van der Waals surface area contributed by atoms with Crippen LogP contribution in [0.5, 0.6) is 0 Å². The second-order valence-electron chi connectivity index (χ2n) is 8.19. The van der Waals surface area contributed by atoms with Gasteiger partial charge in [-0.25, -0.2) is 0 Å². The molecule has 186 valence electrons. The molecule has 0 bridgehead atoms. The van der Waals surface area contributed by atoms with Crippen LogP contribution in [0.2, 0.25) is 0 Å². The van der Waals surface area contributed by atoms with Crippen molar-refractivity contribution in [3.63, 3.8) is 0 Å². The fourth-order valence-corrected chi connectivity index (χ4v) is 6.48. The van der Waals surface area contributed by atoms with Gasteiger partial charge in [-0.05, 0) is 40.8 Å². The van der Waals surface area contributed by atoms with Crippen molar-refractivity contribution in [1.82, 2.24) is 0 Å². The van der Waals surface area contributed by atoms with Gasteiger partial charge in [-0.2, -0.15) is 5.26 Å². The van der Waals surface area contributed by atoms with Gasteiger partial charge in [0.15, 0.2) is 0 Å². The number of amides is 2. The molecule has 0 fully saturated rings. The Labute approximate surface area is 232 Å². The summed E-state index contributed by atoms with van der Waals surface area (Å²) in [5.41, 5.74) is 3.66. The van der Waals surface area contributed by atoms with E-state index in [9.17, 15) is 14.9 Å². The molecule has 3 aromatic carbocycles. The Hall–Kier alpha value is -4.16. The molecule has 0 saturated carbocycles. The van der Waals surface area contributed by atoms with Gasteiger partial charge in [0.05, 0.1) is 10.4 Å². The number of carbonyl (C=O) groups is 2. The minimum absolute atomic E-state index is 0.171. The van der Waals surface area contributed by atoms with Crippen molar-refractivity contribution in [2.45, 2.75) is 10.1 Å². The van der Waals surface area contributed by atoms with E-state index in [-0.39, 0.29) is 11.8 Å². The van der Waals surface area contributed by atoms with Crippen LogP contribution in [-0.2, 0) is 4.79 Å². The van der Waals surface area contributed by atoms with Gasteiger partial charge >= 0.3 is 0 Å². The Morgan fingerprint density at radius 2 is 1.61 bits per heavy atom. The molecule has 5 nitrogen and oxygen atoms in total. The summed E-state index contributed by atoms with van der Waals surface area (Å²) in [6, 6.07) is 32.5. The summed E-state index contributed by atoms with van der Waals surface area (Å²) in [6.45, 7) is 0. The van der Waals surface area contributed by atoms with Crippen molar-refractivity contribution < 1.29 is 9.59 Å². The zero-order valence-corrected chi connectivity index (χ0v) is 22.4. The lowest BCUT2D eigenvalue weighted by Gasteiger charge is -2.17. The molecule has 2 aromatic heterocycles. The number of thioether (sulfide) groups is 1. The highest BCUT2D eigenvalue weighted by molar-refractivity contribution is 8.00. The van der Waals surface area contributed by atoms with E-state index in [1.807, 2.05) is 102 Å². The zero-order chi connectivity index (χ0) is 26.3. The summed E-state index contributed by atoms with van der Waals surface area (Å²) < 4.78 is 0. The summed E-state index contributed by atoms with van der Waals surface area (Å²) in [4.78, 5) is 27.6. The summed E-state index contributed by atoms with van der Waals surface area (Å²) in [7, 11) is 0. The van der Waals surface area contributed by atoms with Crippen LogP contribution in [-0.4, -0.2) is 11.8 Å². The molecule has 0 aliphatic heterocycles. The van der Waals surface area contributed by atoms with Gasteiger partial charge in [0.2, 0.25) is 5.91 Å². The van der Waals surface area contributed by atoms with Crippen LogP contribution in [0.4, 0.5) is 10.7 Å². The summed E-state index contributed by atoms with van der Waals surface area (Å²) in [6.07, 6.45) is 0. The maximum absolute atomic E-state index is 13.6. The first-order valence-electron chi connectivity index (χ1n) is 11.7. The smallest absolute Gasteiger partial charge is 0.265 e. The Kier molecular flexibility index (Phi) is 8.00. The van der Waals surface area contributed by atoms with Crippen LogP contribution < -0.4 is 10.6 Å². The van der Waals surface area contributed by atoms with Crippen LogP contribution in [0.25, 0.3) is 11.1 Å². The van der Waals surface area contributed by atoms with Crippen molar-refractivity contribution in [2.75, 3.05) is 10.6 Å². The monoisotopic (exact) mass is 551 g/mol. The van der Waals surface area contributed by atoms with Crippen molar-refractivity contribution in [3.8, 4) is 17.2 Å². The van der Waals surface area contributed by atoms with E-state index in [0.29, 0.717) is 21.1 Å². The summed E-state index contributed by atoms with van der Waals surface area (Å²) in [5.74, 6) is -0.400. The third-order valence-corrected chi connectivity index (χ3v) is 8.67. The van der Waals surface area contributed by atoms with Gasteiger partial charge in [-0.3, -0.25) is 9.59 Å². The first-order chi connectivity index (χ1) is 18.6. The molecule has 0 spiro atoms. The zero-order valence-electron chi connectivity index (χ0n) is 20.0. The van der Waals surface area contributed by atoms with Crippen LogP contribution in [0.15, 0.2) is 113 Å². The maximum atomic E-state index is 13.6. The molecule has 0 radical (unpaired) electrons.